The summed E-state index contributed by atoms with van der Waals surface area (Å²) in [5.74, 6) is 2.40. The molecule has 0 amide bonds. The Balaban J connectivity index is 1.56. The molecule has 4 heteroatoms. The van der Waals surface area contributed by atoms with Crippen LogP contribution >= 0.6 is 0 Å². The van der Waals surface area contributed by atoms with Gasteiger partial charge in [-0.25, -0.2) is 0 Å². The molecule has 0 aliphatic carbocycles. The maximum atomic E-state index is 11.9. The third-order valence-corrected chi connectivity index (χ3v) is 3.30. The van der Waals surface area contributed by atoms with Crippen LogP contribution in [-0.4, -0.2) is 5.78 Å². The predicted molar refractivity (Wildman–Crippen MR) is 93.5 cm³/mol. The van der Waals surface area contributed by atoms with Crippen molar-refractivity contribution in [3.05, 3.63) is 90.5 Å². The molecule has 0 saturated heterocycles. The van der Waals surface area contributed by atoms with Crippen LogP contribution < -0.4 is 10.1 Å². The molecule has 0 saturated carbocycles. The van der Waals surface area contributed by atoms with E-state index in [-0.39, 0.29) is 5.78 Å². The Morgan fingerprint density at radius 2 is 1.67 bits per heavy atom. The van der Waals surface area contributed by atoms with Gasteiger partial charge in [0.15, 0.2) is 5.76 Å². The molecule has 0 fully saturated rings. The SMILES string of the molecule is Cc1ccc(C(=O)C=CNc2ccc(Oc3ccccc3)cc2)o1. The van der Waals surface area contributed by atoms with Gasteiger partial charge >= 0.3 is 0 Å². The number of ether oxygens (including phenoxy) is 1. The molecule has 0 atom stereocenters. The summed E-state index contributed by atoms with van der Waals surface area (Å²) in [4.78, 5) is 11.9. The largest absolute Gasteiger partial charge is 0.458 e. The first kappa shape index (κ1) is 15.6. The highest BCUT2D eigenvalue weighted by Gasteiger charge is 2.05. The fraction of sp³-hybridized carbons (Fsp3) is 0.0500. The second-order valence-electron chi connectivity index (χ2n) is 5.19. The molecule has 0 aliphatic rings. The summed E-state index contributed by atoms with van der Waals surface area (Å²) in [5, 5.41) is 3.04. The van der Waals surface area contributed by atoms with Crippen molar-refractivity contribution in [3.63, 3.8) is 0 Å². The van der Waals surface area contributed by atoms with Gasteiger partial charge in [0, 0.05) is 18.0 Å². The fourth-order valence-electron chi connectivity index (χ4n) is 2.11. The number of para-hydroxylation sites is 1. The van der Waals surface area contributed by atoms with Crippen LogP contribution in [0.15, 0.2) is 83.4 Å². The van der Waals surface area contributed by atoms with Crippen LogP contribution in [0.2, 0.25) is 0 Å². The summed E-state index contributed by atoms with van der Waals surface area (Å²) >= 11 is 0. The number of nitrogens with one attached hydrogen (secondary N) is 1. The van der Waals surface area contributed by atoms with E-state index < -0.39 is 0 Å². The number of furan rings is 1. The highest BCUT2D eigenvalue weighted by atomic mass is 16.5. The quantitative estimate of drug-likeness (QED) is 0.502. The van der Waals surface area contributed by atoms with Crippen molar-refractivity contribution in [2.24, 2.45) is 0 Å². The lowest BCUT2D eigenvalue weighted by Gasteiger charge is -2.06. The molecule has 1 heterocycles. The van der Waals surface area contributed by atoms with Crippen molar-refractivity contribution in [3.8, 4) is 11.5 Å². The predicted octanol–water partition coefficient (Wildman–Crippen LogP) is 5.19. The first-order valence-electron chi connectivity index (χ1n) is 7.57. The van der Waals surface area contributed by atoms with Crippen molar-refractivity contribution >= 4 is 11.5 Å². The summed E-state index contributed by atoms with van der Waals surface area (Å²) < 4.78 is 11.0. The van der Waals surface area contributed by atoms with E-state index in [1.54, 1.807) is 25.3 Å². The zero-order valence-corrected chi connectivity index (χ0v) is 13.2. The highest BCUT2D eigenvalue weighted by molar-refractivity contribution is 6.02. The minimum atomic E-state index is -0.181. The number of hydrogen-bond donors (Lipinski definition) is 1. The van der Waals surface area contributed by atoms with Crippen LogP contribution in [-0.2, 0) is 0 Å². The van der Waals surface area contributed by atoms with Crippen molar-refractivity contribution in [1.29, 1.82) is 0 Å². The average Bonchev–Trinajstić information content (AvgIpc) is 3.04. The molecule has 0 unspecified atom stereocenters. The van der Waals surface area contributed by atoms with Crippen LogP contribution in [0.5, 0.6) is 11.5 Å². The second kappa shape index (κ2) is 7.33. The lowest BCUT2D eigenvalue weighted by atomic mass is 10.3. The van der Waals surface area contributed by atoms with E-state index in [1.807, 2.05) is 54.6 Å². The summed E-state index contributed by atoms with van der Waals surface area (Å²) in [6.07, 6.45) is 3.03. The number of rotatable bonds is 6. The minimum Gasteiger partial charge on any atom is -0.458 e. The van der Waals surface area contributed by atoms with E-state index in [1.165, 1.54) is 6.08 Å². The number of allylic oxidation sites excluding steroid dienone is 1. The molecule has 3 rings (SSSR count). The number of carbonyl (C=O) groups excluding carboxylic acids is 1. The summed E-state index contributed by atoms with van der Waals surface area (Å²) in [6, 6.07) is 20.5. The zero-order chi connectivity index (χ0) is 16.8. The first-order valence-corrected chi connectivity index (χ1v) is 7.57. The third-order valence-electron chi connectivity index (χ3n) is 3.30. The second-order valence-corrected chi connectivity index (χ2v) is 5.19. The zero-order valence-electron chi connectivity index (χ0n) is 13.2. The van der Waals surface area contributed by atoms with E-state index >= 15 is 0 Å². The topological polar surface area (TPSA) is 51.5 Å². The van der Waals surface area contributed by atoms with Crippen LogP contribution in [0.25, 0.3) is 0 Å². The molecule has 1 aromatic heterocycles. The highest BCUT2D eigenvalue weighted by Crippen LogP contribution is 2.22. The van der Waals surface area contributed by atoms with Gasteiger partial charge in [-0.2, -0.15) is 0 Å². The van der Waals surface area contributed by atoms with Crippen molar-refractivity contribution in [2.75, 3.05) is 5.32 Å². The van der Waals surface area contributed by atoms with Crippen LogP contribution in [0.1, 0.15) is 16.3 Å². The molecule has 4 nitrogen and oxygen atoms in total. The van der Waals surface area contributed by atoms with Crippen LogP contribution in [0.4, 0.5) is 5.69 Å². The summed E-state index contributed by atoms with van der Waals surface area (Å²) in [6.45, 7) is 1.80. The normalized spacial score (nSPS) is 10.7. The maximum absolute atomic E-state index is 11.9. The van der Waals surface area contributed by atoms with Gasteiger partial charge in [0.25, 0.3) is 0 Å². The average molecular weight is 319 g/mol. The van der Waals surface area contributed by atoms with Gasteiger partial charge in [-0.15, -0.1) is 0 Å². The van der Waals surface area contributed by atoms with E-state index in [0.29, 0.717) is 11.5 Å². The van der Waals surface area contributed by atoms with Gasteiger partial charge < -0.3 is 14.5 Å². The number of hydrogen-bond acceptors (Lipinski definition) is 4. The van der Waals surface area contributed by atoms with Crippen molar-refractivity contribution in [2.45, 2.75) is 6.92 Å². The summed E-state index contributed by atoms with van der Waals surface area (Å²) in [7, 11) is 0. The molecule has 0 bridgehead atoms. The number of carbonyl (C=O) groups is 1. The van der Waals surface area contributed by atoms with Crippen molar-refractivity contribution < 1.29 is 13.9 Å². The standard InChI is InChI=1S/C20H17NO3/c1-15-7-12-20(23-15)19(22)13-14-21-16-8-10-18(11-9-16)24-17-5-3-2-4-6-17/h2-14,21H,1H3. The minimum absolute atomic E-state index is 0.181. The fourth-order valence-corrected chi connectivity index (χ4v) is 2.11. The monoisotopic (exact) mass is 319 g/mol. The van der Waals surface area contributed by atoms with Gasteiger partial charge in [0.1, 0.15) is 17.3 Å². The Hall–Kier alpha value is -3.27. The Kier molecular flexibility index (Phi) is 4.77. The number of aryl methyl sites for hydroxylation is 1. The van der Waals surface area contributed by atoms with E-state index in [9.17, 15) is 4.79 Å². The maximum Gasteiger partial charge on any atom is 0.222 e. The van der Waals surface area contributed by atoms with Crippen LogP contribution in [0.3, 0.4) is 0 Å². The molecule has 0 radical (unpaired) electrons. The van der Waals surface area contributed by atoms with Gasteiger partial charge in [0.05, 0.1) is 0 Å². The lowest BCUT2D eigenvalue weighted by molar-refractivity contribution is 0.102. The molecular weight excluding hydrogens is 302 g/mol. The van der Waals surface area contributed by atoms with Gasteiger partial charge in [-0.3, -0.25) is 4.79 Å². The van der Waals surface area contributed by atoms with E-state index in [4.69, 9.17) is 9.15 Å². The number of ketones is 1. The van der Waals surface area contributed by atoms with Gasteiger partial charge in [-0.1, -0.05) is 18.2 Å². The molecule has 120 valence electrons. The molecule has 3 aromatic rings. The van der Waals surface area contributed by atoms with E-state index in [0.717, 1.165) is 17.2 Å². The molecular formula is C20H17NO3. The summed E-state index contributed by atoms with van der Waals surface area (Å²) in [5.41, 5.74) is 0.857. The molecule has 0 aliphatic heterocycles. The molecule has 0 spiro atoms. The lowest BCUT2D eigenvalue weighted by Crippen LogP contribution is -1.94. The number of anilines is 1. The molecule has 2 aromatic carbocycles. The Morgan fingerprint density at radius 3 is 2.33 bits per heavy atom. The van der Waals surface area contributed by atoms with E-state index in [2.05, 4.69) is 5.32 Å². The molecule has 24 heavy (non-hydrogen) atoms. The molecule has 1 N–H and O–H groups in total. The van der Waals surface area contributed by atoms with Gasteiger partial charge in [-0.05, 0) is 55.5 Å². The van der Waals surface area contributed by atoms with Gasteiger partial charge in [0.2, 0.25) is 5.78 Å². The Morgan fingerprint density at radius 1 is 0.958 bits per heavy atom. The first-order chi connectivity index (χ1) is 11.7. The Labute approximate surface area is 140 Å². The third kappa shape index (κ3) is 4.14. The van der Waals surface area contributed by atoms with Crippen molar-refractivity contribution in [1.82, 2.24) is 0 Å². The Bertz CT molecular complexity index is 833. The number of benzene rings is 2. The van der Waals surface area contributed by atoms with Crippen LogP contribution in [0, 0.1) is 6.92 Å². The smallest absolute Gasteiger partial charge is 0.222 e.